The van der Waals surface area contributed by atoms with Gasteiger partial charge in [0, 0.05) is 24.9 Å². The molecular formula is C15H14N2O6. The second-order valence-corrected chi connectivity index (χ2v) is 5.14. The van der Waals surface area contributed by atoms with Crippen molar-refractivity contribution in [2.24, 2.45) is 0 Å². The Labute approximate surface area is 131 Å². The van der Waals surface area contributed by atoms with Crippen LogP contribution in [0.2, 0.25) is 0 Å². The number of carboxylic acid groups (broad SMARTS) is 2. The molecule has 1 aromatic carbocycles. The zero-order valence-electron chi connectivity index (χ0n) is 12.4. The zero-order chi connectivity index (χ0) is 17.3. The summed E-state index contributed by atoms with van der Waals surface area (Å²) < 4.78 is 0. The van der Waals surface area contributed by atoms with Gasteiger partial charge in [-0.2, -0.15) is 0 Å². The van der Waals surface area contributed by atoms with Crippen molar-refractivity contribution in [1.82, 2.24) is 0 Å². The summed E-state index contributed by atoms with van der Waals surface area (Å²) in [6, 6.07) is 2.90. The van der Waals surface area contributed by atoms with Crippen molar-refractivity contribution in [2.45, 2.75) is 20.3 Å². The molecule has 23 heavy (non-hydrogen) atoms. The van der Waals surface area contributed by atoms with Gasteiger partial charge >= 0.3 is 11.9 Å². The molecule has 0 saturated heterocycles. The number of nitro groups is 1. The molecule has 0 bridgehead atoms. The quantitative estimate of drug-likeness (QED) is 0.645. The molecule has 2 N–H and O–H groups in total. The largest absolute Gasteiger partial charge is 0.478 e. The monoisotopic (exact) mass is 318 g/mol. The number of nitrogens with zero attached hydrogens (tertiary/aromatic N) is 2. The number of hydrogen-bond donors (Lipinski definition) is 2. The molecule has 0 aliphatic carbocycles. The Balaban J connectivity index is 2.65. The van der Waals surface area contributed by atoms with Crippen LogP contribution in [0.1, 0.15) is 17.5 Å². The molecule has 0 spiro atoms. The fourth-order valence-electron chi connectivity index (χ4n) is 2.48. The molecule has 0 unspecified atom stereocenters. The van der Waals surface area contributed by atoms with Crippen molar-refractivity contribution in [2.75, 3.05) is 4.90 Å². The molecular weight excluding hydrogens is 304 g/mol. The number of hydrogen-bond acceptors (Lipinski definition) is 5. The number of anilines is 1. The van der Waals surface area contributed by atoms with E-state index < -0.39 is 16.9 Å². The Morgan fingerprint density at radius 3 is 2.09 bits per heavy atom. The van der Waals surface area contributed by atoms with Gasteiger partial charge in [-0.25, -0.2) is 9.59 Å². The molecule has 8 heteroatoms. The molecule has 1 aliphatic heterocycles. The van der Waals surface area contributed by atoms with E-state index in [1.807, 2.05) is 0 Å². The average Bonchev–Trinajstić information content (AvgIpc) is 2.46. The fraction of sp³-hybridized carbons (Fsp3) is 0.200. The molecule has 0 saturated carbocycles. The lowest BCUT2D eigenvalue weighted by Crippen LogP contribution is -2.22. The van der Waals surface area contributed by atoms with Crippen molar-refractivity contribution in [3.8, 4) is 0 Å². The van der Waals surface area contributed by atoms with Gasteiger partial charge in [0.25, 0.3) is 5.69 Å². The maximum Gasteiger partial charge on any atom is 0.333 e. The van der Waals surface area contributed by atoms with Crippen molar-refractivity contribution >= 4 is 23.3 Å². The number of benzene rings is 1. The molecule has 0 fully saturated rings. The highest BCUT2D eigenvalue weighted by molar-refractivity contribution is 5.95. The normalized spacial score (nSPS) is 14.1. The average molecular weight is 318 g/mol. The minimum Gasteiger partial charge on any atom is -0.478 e. The number of carboxylic acids is 2. The molecule has 1 aromatic rings. The summed E-state index contributed by atoms with van der Waals surface area (Å²) in [7, 11) is 0. The Morgan fingerprint density at radius 1 is 1.13 bits per heavy atom. The van der Waals surface area contributed by atoms with E-state index >= 15 is 0 Å². The van der Waals surface area contributed by atoms with Crippen LogP contribution in [0.25, 0.3) is 0 Å². The summed E-state index contributed by atoms with van der Waals surface area (Å²) in [5.74, 6) is -2.47. The van der Waals surface area contributed by atoms with Gasteiger partial charge in [0.1, 0.15) is 0 Å². The topological polar surface area (TPSA) is 121 Å². The summed E-state index contributed by atoms with van der Waals surface area (Å²) in [6.07, 6.45) is 2.36. The van der Waals surface area contributed by atoms with E-state index in [1.165, 1.54) is 36.4 Å². The first-order chi connectivity index (χ1) is 10.7. The van der Waals surface area contributed by atoms with Crippen LogP contribution in [0.3, 0.4) is 0 Å². The van der Waals surface area contributed by atoms with E-state index in [9.17, 15) is 19.7 Å². The van der Waals surface area contributed by atoms with Gasteiger partial charge in [-0.05, 0) is 19.4 Å². The molecule has 0 amide bonds. The van der Waals surface area contributed by atoms with Crippen molar-refractivity contribution < 1.29 is 24.7 Å². The van der Waals surface area contributed by atoms with Gasteiger partial charge in [-0.3, -0.25) is 10.1 Å². The highest BCUT2D eigenvalue weighted by Crippen LogP contribution is 2.35. The SMILES string of the molecule is Cc1ccc([N+](=O)[O-])c(C)c1N1C=C(C(=O)O)CC(C(=O)O)=C1. The van der Waals surface area contributed by atoms with Crippen LogP contribution in [-0.4, -0.2) is 27.1 Å². The molecule has 8 nitrogen and oxygen atoms in total. The maximum atomic E-state index is 11.2. The lowest BCUT2D eigenvalue weighted by atomic mass is 10.0. The molecule has 120 valence electrons. The lowest BCUT2D eigenvalue weighted by molar-refractivity contribution is -0.385. The molecule has 1 heterocycles. The Hall–Kier alpha value is -3.16. The summed E-state index contributed by atoms with van der Waals surface area (Å²) in [4.78, 5) is 34.3. The number of aryl methyl sites for hydroxylation is 1. The third-order valence-electron chi connectivity index (χ3n) is 3.58. The smallest absolute Gasteiger partial charge is 0.333 e. The zero-order valence-corrected chi connectivity index (χ0v) is 12.4. The number of aliphatic carboxylic acids is 2. The van der Waals surface area contributed by atoms with Crippen molar-refractivity contribution in [3.05, 3.63) is 56.9 Å². The fourth-order valence-corrected chi connectivity index (χ4v) is 2.48. The van der Waals surface area contributed by atoms with E-state index in [1.54, 1.807) is 6.92 Å². The molecule has 2 rings (SSSR count). The van der Waals surface area contributed by atoms with E-state index in [0.717, 1.165) is 0 Å². The second-order valence-electron chi connectivity index (χ2n) is 5.14. The van der Waals surface area contributed by atoms with E-state index in [-0.39, 0.29) is 23.3 Å². The molecule has 0 aromatic heterocycles. The minimum absolute atomic E-state index is 0.102. The predicted octanol–water partition coefficient (Wildman–Crippen LogP) is 2.36. The van der Waals surface area contributed by atoms with Crippen LogP contribution >= 0.6 is 0 Å². The first-order valence-electron chi connectivity index (χ1n) is 6.63. The number of carbonyl (C=O) groups is 2. The third-order valence-corrected chi connectivity index (χ3v) is 3.58. The van der Waals surface area contributed by atoms with E-state index in [2.05, 4.69) is 0 Å². The van der Waals surface area contributed by atoms with Crippen molar-refractivity contribution in [3.63, 3.8) is 0 Å². The van der Waals surface area contributed by atoms with Gasteiger partial charge in [-0.1, -0.05) is 6.07 Å². The third kappa shape index (κ3) is 3.05. The van der Waals surface area contributed by atoms with Gasteiger partial charge in [0.15, 0.2) is 0 Å². The summed E-state index contributed by atoms with van der Waals surface area (Å²) in [5.41, 5.74) is 1.07. The molecule has 0 radical (unpaired) electrons. The first kappa shape index (κ1) is 16.2. The minimum atomic E-state index is -1.23. The highest BCUT2D eigenvalue weighted by Gasteiger charge is 2.25. The predicted molar refractivity (Wildman–Crippen MR) is 81.1 cm³/mol. The van der Waals surface area contributed by atoms with Crippen LogP contribution < -0.4 is 4.90 Å². The van der Waals surface area contributed by atoms with Crippen LogP contribution in [0, 0.1) is 24.0 Å². The summed E-state index contributed by atoms with van der Waals surface area (Å²) in [5, 5.41) is 29.4. The lowest BCUT2D eigenvalue weighted by Gasteiger charge is -2.25. The first-order valence-corrected chi connectivity index (χ1v) is 6.63. The molecule has 1 aliphatic rings. The van der Waals surface area contributed by atoms with Crippen LogP contribution in [-0.2, 0) is 9.59 Å². The van der Waals surface area contributed by atoms with Gasteiger partial charge in [0.2, 0.25) is 0 Å². The Bertz CT molecular complexity index is 748. The second kappa shape index (κ2) is 5.91. The van der Waals surface area contributed by atoms with Gasteiger partial charge in [0.05, 0.1) is 27.3 Å². The van der Waals surface area contributed by atoms with Crippen LogP contribution in [0.15, 0.2) is 35.7 Å². The summed E-state index contributed by atoms with van der Waals surface area (Å²) >= 11 is 0. The van der Waals surface area contributed by atoms with E-state index in [0.29, 0.717) is 16.8 Å². The van der Waals surface area contributed by atoms with Crippen molar-refractivity contribution in [1.29, 1.82) is 0 Å². The highest BCUT2D eigenvalue weighted by atomic mass is 16.6. The van der Waals surface area contributed by atoms with Gasteiger partial charge in [-0.15, -0.1) is 0 Å². The Kier molecular flexibility index (Phi) is 4.17. The van der Waals surface area contributed by atoms with Crippen LogP contribution in [0.4, 0.5) is 11.4 Å². The number of rotatable bonds is 4. The Morgan fingerprint density at radius 2 is 1.65 bits per heavy atom. The summed E-state index contributed by atoms with van der Waals surface area (Å²) in [6.45, 7) is 3.25. The molecule has 0 atom stereocenters. The standard InChI is InChI=1S/C15H14N2O6/c1-8-3-4-12(17(22)23)9(2)13(8)16-6-10(14(18)19)5-11(7-16)15(20)21/h3-4,6-7H,5H2,1-2H3,(H,18,19)(H,20,21). The van der Waals surface area contributed by atoms with Crippen LogP contribution in [0.5, 0.6) is 0 Å². The van der Waals surface area contributed by atoms with E-state index in [4.69, 9.17) is 10.2 Å². The van der Waals surface area contributed by atoms with Gasteiger partial charge < -0.3 is 15.1 Å². The number of nitro benzene ring substituents is 1. The maximum absolute atomic E-state index is 11.2.